The third-order valence-electron chi connectivity index (χ3n) is 5.57. The number of aliphatic imine (C=N–C) groups is 1. The lowest BCUT2D eigenvalue weighted by Crippen LogP contribution is -2.51. The van der Waals surface area contributed by atoms with Gasteiger partial charge in [0.15, 0.2) is 0 Å². The molecule has 3 rings (SSSR count). The molecule has 22 heavy (non-hydrogen) atoms. The van der Waals surface area contributed by atoms with Crippen molar-refractivity contribution in [3.8, 4) is 0 Å². The second-order valence-corrected chi connectivity index (χ2v) is 8.13. The van der Waals surface area contributed by atoms with Gasteiger partial charge >= 0.3 is 0 Å². The Morgan fingerprint density at radius 2 is 2.00 bits per heavy atom. The Hall–Kier alpha value is -1.16. The van der Waals surface area contributed by atoms with Crippen LogP contribution < -0.4 is 5.32 Å². The van der Waals surface area contributed by atoms with Gasteiger partial charge in [0.25, 0.3) is 0 Å². The maximum Gasteiger partial charge on any atom is 0.234 e. The Morgan fingerprint density at radius 3 is 2.59 bits per heavy atom. The number of carbonyl (C=O) groups excluding carboxylic acids is 1. The summed E-state index contributed by atoms with van der Waals surface area (Å²) in [4.78, 5) is 19.4. The molecule has 0 aromatic heterocycles. The molecule has 1 N–H and O–H groups in total. The quantitative estimate of drug-likeness (QED) is 0.868. The molecule has 2 heterocycles. The van der Waals surface area contributed by atoms with E-state index in [1.165, 1.54) is 12.8 Å². The van der Waals surface area contributed by atoms with Crippen LogP contribution in [0.1, 0.15) is 47.9 Å². The van der Waals surface area contributed by atoms with E-state index in [9.17, 15) is 4.79 Å². The summed E-state index contributed by atoms with van der Waals surface area (Å²) in [5.74, 6) is 0.581. The van der Waals surface area contributed by atoms with E-state index in [-0.39, 0.29) is 18.9 Å². The monoisotopic (exact) mass is 305 g/mol. The van der Waals surface area contributed by atoms with Gasteiger partial charge in [-0.05, 0) is 56.2 Å². The van der Waals surface area contributed by atoms with Crippen LogP contribution in [0, 0.1) is 11.3 Å². The second kappa shape index (κ2) is 5.80. The molecule has 0 spiro atoms. The second-order valence-electron chi connectivity index (χ2n) is 8.13. The smallest absolute Gasteiger partial charge is 0.234 e. The molecule has 2 aliphatic heterocycles. The zero-order chi connectivity index (χ0) is 15.8. The van der Waals surface area contributed by atoms with Crippen molar-refractivity contribution in [2.45, 2.75) is 58.0 Å². The van der Waals surface area contributed by atoms with Crippen LogP contribution in [-0.2, 0) is 4.79 Å². The molecular formula is C18H31N3O. The number of nitrogens with zero attached hydrogens (tertiary/aromatic N) is 2. The Kier molecular flexibility index (Phi) is 4.15. The molecule has 1 saturated heterocycles. The lowest BCUT2D eigenvalue weighted by atomic mass is 9.83. The van der Waals surface area contributed by atoms with Crippen LogP contribution in [0.4, 0.5) is 0 Å². The molecule has 4 nitrogen and oxygen atoms in total. The number of piperidine rings is 1. The summed E-state index contributed by atoms with van der Waals surface area (Å²) in [6.07, 6.45) is 10.6. The van der Waals surface area contributed by atoms with Crippen molar-refractivity contribution in [2.24, 2.45) is 16.3 Å². The van der Waals surface area contributed by atoms with Crippen molar-refractivity contribution in [3.05, 3.63) is 12.2 Å². The lowest BCUT2D eigenvalue weighted by Gasteiger charge is -2.37. The van der Waals surface area contributed by atoms with Crippen LogP contribution in [0.2, 0.25) is 0 Å². The average Bonchev–Trinajstić information content (AvgIpc) is 3.22. The molecule has 0 bridgehead atoms. The summed E-state index contributed by atoms with van der Waals surface area (Å²) in [6, 6.07) is 0.210. The van der Waals surface area contributed by atoms with Crippen LogP contribution in [0.3, 0.4) is 0 Å². The van der Waals surface area contributed by atoms with Crippen molar-refractivity contribution >= 4 is 12.1 Å². The zero-order valence-electron chi connectivity index (χ0n) is 14.1. The lowest BCUT2D eigenvalue weighted by molar-refractivity contribution is -0.124. The highest BCUT2D eigenvalue weighted by molar-refractivity contribution is 5.80. The molecule has 1 amide bonds. The molecule has 2 atom stereocenters. The molecule has 0 aromatic rings. The Labute approximate surface area is 135 Å². The molecule has 1 aliphatic carbocycles. The van der Waals surface area contributed by atoms with E-state index in [0.29, 0.717) is 17.9 Å². The van der Waals surface area contributed by atoms with E-state index in [1.807, 2.05) is 12.3 Å². The highest BCUT2D eigenvalue weighted by Crippen LogP contribution is 2.44. The van der Waals surface area contributed by atoms with E-state index in [1.54, 1.807) is 0 Å². The third kappa shape index (κ3) is 3.43. The molecule has 2 unspecified atom stereocenters. The summed E-state index contributed by atoms with van der Waals surface area (Å²) < 4.78 is 0. The van der Waals surface area contributed by atoms with Crippen molar-refractivity contribution in [2.75, 3.05) is 19.6 Å². The highest BCUT2D eigenvalue weighted by atomic mass is 16.2. The molecular weight excluding hydrogens is 274 g/mol. The van der Waals surface area contributed by atoms with Gasteiger partial charge in [0.05, 0.1) is 18.1 Å². The number of allylic oxidation sites excluding steroid dienone is 1. The number of carbonyl (C=O) groups is 1. The number of amides is 1. The van der Waals surface area contributed by atoms with Crippen molar-refractivity contribution in [1.82, 2.24) is 10.2 Å². The molecule has 4 heteroatoms. The van der Waals surface area contributed by atoms with Crippen LogP contribution in [0.15, 0.2) is 17.1 Å². The normalized spacial score (nSPS) is 32.7. The topological polar surface area (TPSA) is 44.7 Å². The first-order valence-electron chi connectivity index (χ1n) is 8.64. The summed E-state index contributed by atoms with van der Waals surface area (Å²) in [5.41, 5.74) is 0.357. The van der Waals surface area contributed by atoms with E-state index in [4.69, 9.17) is 0 Å². The summed E-state index contributed by atoms with van der Waals surface area (Å²) in [7, 11) is 0. The van der Waals surface area contributed by atoms with Gasteiger partial charge in [-0.1, -0.05) is 26.8 Å². The van der Waals surface area contributed by atoms with Gasteiger partial charge in [0, 0.05) is 7.64 Å². The van der Waals surface area contributed by atoms with E-state index < -0.39 is 0 Å². The Bertz CT molecular complexity index is 486. The molecule has 3 aliphatic rings. The maximum atomic E-state index is 12.5. The van der Waals surface area contributed by atoms with Gasteiger partial charge in [-0.25, -0.2) is 0 Å². The van der Waals surface area contributed by atoms with E-state index in [2.05, 4.69) is 42.1 Å². The zero-order valence-corrected chi connectivity index (χ0v) is 14.1. The average molecular weight is 305 g/mol. The number of rotatable bonds is 4. The first kappa shape index (κ1) is 15.7. The standard InChI is InChI=1S/C18H29N3O.H2/c1-14-5-4-10-19-16(14)18(6-7-18)20-15(22)13-21-11-8-17(2,3)9-12-21;/h4-5,10,14,16H,6-9,11-13H2,1-3H3,(H,20,22);1H. The van der Waals surface area contributed by atoms with Gasteiger partial charge in [0.1, 0.15) is 0 Å². The third-order valence-corrected chi connectivity index (χ3v) is 5.57. The summed E-state index contributed by atoms with van der Waals surface area (Å²) in [5, 5.41) is 3.31. The number of hydrogen-bond donors (Lipinski definition) is 1. The number of nitrogens with one attached hydrogen (secondary N) is 1. The minimum Gasteiger partial charge on any atom is -0.347 e. The fourth-order valence-corrected chi connectivity index (χ4v) is 3.72. The fourth-order valence-electron chi connectivity index (χ4n) is 3.72. The molecule has 1 saturated carbocycles. The largest absolute Gasteiger partial charge is 0.347 e. The van der Waals surface area contributed by atoms with E-state index in [0.717, 1.165) is 25.9 Å². The Balaban J connectivity index is 0.00000192. The van der Waals surface area contributed by atoms with Crippen LogP contribution in [-0.4, -0.2) is 48.2 Å². The van der Waals surface area contributed by atoms with Gasteiger partial charge in [-0.3, -0.25) is 14.7 Å². The summed E-state index contributed by atoms with van der Waals surface area (Å²) >= 11 is 0. The summed E-state index contributed by atoms with van der Waals surface area (Å²) in [6.45, 7) is 9.44. The van der Waals surface area contributed by atoms with Crippen molar-refractivity contribution < 1.29 is 6.22 Å². The van der Waals surface area contributed by atoms with E-state index >= 15 is 0 Å². The maximum absolute atomic E-state index is 12.5. The number of hydrogen-bond acceptors (Lipinski definition) is 3. The molecule has 0 radical (unpaired) electrons. The minimum absolute atomic E-state index is 0. The number of likely N-dealkylation sites (tertiary alicyclic amines) is 1. The first-order valence-corrected chi connectivity index (χ1v) is 8.64. The first-order chi connectivity index (χ1) is 10.4. The van der Waals surface area contributed by atoms with Gasteiger partial charge in [-0.15, -0.1) is 0 Å². The SMILES string of the molecule is CC1C=CC=NC1C1(NC(=O)CN2CCC(C)(C)CC2)CC1.[HH]. The number of dihydropyridines is 1. The van der Waals surface area contributed by atoms with Crippen molar-refractivity contribution in [1.29, 1.82) is 0 Å². The van der Waals surface area contributed by atoms with Gasteiger partial charge in [0.2, 0.25) is 5.91 Å². The van der Waals surface area contributed by atoms with Gasteiger partial charge in [-0.2, -0.15) is 0 Å². The fraction of sp³-hybridized carbons (Fsp3) is 0.778. The molecule has 0 aromatic carbocycles. The molecule has 2 fully saturated rings. The highest BCUT2D eigenvalue weighted by Gasteiger charge is 2.52. The van der Waals surface area contributed by atoms with Gasteiger partial charge < -0.3 is 5.32 Å². The minimum atomic E-state index is -0.0766. The van der Waals surface area contributed by atoms with Crippen LogP contribution in [0.5, 0.6) is 0 Å². The predicted octanol–water partition coefficient (Wildman–Crippen LogP) is 2.65. The van der Waals surface area contributed by atoms with Crippen LogP contribution >= 0.6 is 0 Å². The predicted molar refractivity (Wildman–Crippen MR) is 92.3 cm³/mol. The van der Waals surface area contributed by atoms with Crippen LogP contribution in [0.25, 0.3) is 0 Å². The Morgan fingerprint density at radius 1 is 1.32 bits per heavy atom. The molecule has 124 valence electrons. The van der Waals surface area contributed by atoms with Crippen molar-refractivity contribution in [3.63, 3.8) is 0 Å².